The molecule has 1 N–H and O–H groups in total. The van der Waals surface area contributed by atoms with Crippen LogP contribution in [0.5, 0.6) is 0 Å². The van der Waals surface area contributed by atoms with Gasteiger partial charge in [-0.1, -0.05) is 36.4 Å². The van der Waals surface area contributed by atoms with Crippen molar-refractivity contribution in [1.29, 1.82) is 0 Å². The highest BCUT2D eigenvalue weighted by Gasteiger charge is 2.13. The monoisotopic (exact) mass is 352 g/mol. The predicted molar refractivity (Wildman–Crippen MR) is 83.9 cm³/mol. The van der Waals surface area contributed by atoms with Crippen LogP contribution in [0.1, 0.15) is 22.6 Å². The number of halogens is 1. The number of benzene rings is 2. The Hall–Kier alpha value is -0.870. The molecule has 1 nitrogen and oxygen atoms in total. The van der Waals surface area contributed by atoms with Crippen LogP contribution in [0.2, 0.25) is 0 Å². The molecule has 0 fully saturated rings. The van der Waals surface area contributed by atoms with Crippen LogP contribution in [0.25, 0.3) is 0 Å². The van der Waals surface area contributed by atoms with E-state index < -0.39 is 0 Å². The van der Waals surface area contributed by atoms with E-state index in [2.05, 4.69) is 65.9 Å². The molecule has 0 aliphatic rings. The van der Waals surface area contributed by atoms with Crippen molar-refractivity contribution in [2.45, 2.75) is 19.3 Å². The molecule has 0 heterocycles. The van der Waals surface area contributed by atoms with E-state index >= 15 is 0 Å². The van der Waals surface area contributed by atoms with Gasteiger partial charge in [0.25, 0.3) is 0 Å². The molecule has 18 heavy (non-hydrogen) atoms. The molecule has 0 bridgehead atoms. The van der Waals surface area contributed by atoms with Crippen LogP contribution >= 0.6 is 22.6 Å². The highest BCUT2D eigenvalue weighted by Crippen LogP contribution is 2.23. The summed E-state index contributed by atoms with van der Waals surface area (Å²) in [5, 5.41) is 9.62. The minimum Gasteiger partial charge on any atom is -0.396 e. The summed E-state index contributed by atoms with van der Waals surface area (Å²) in [6.07, 6.45) is 0.887. The fraction of sp³-hybridized carbons (Fsp3) is 0.250. The SMILES string of the molecule is Cc1ccccc1C(CO)Cc1ccc(I)cc1. The molecule has 1 unspecified atom stereocenters. The van der Waals surface area contributed by atoms with Gasteiger partial charge in [0.15, 0.2) is 0 Å². The lowest BCUT2D eigenvalue weighted by atomic mass is 9.90. The molecule has 94 valence electrons. The first kappa shape index (κ1) is 13.6. The quantitative estimate of drug-likeness (QED) is 0.827. The molecule has 0 saturated carbocycles. The molecule has 2 heteroatoms. The Morgan fingerprint density at radius 2 is 1.72 bits per heavy atom. The van der Waals surface area contributed by atoms with E-state index in [1.54, 1.807) is 0 Å². The van der Waals surface area contributed by atoms with E-state index in [0.29, 0.717) is 0 Å². The first-order chi connectivity index (χ1) is 8.70. The van der Waals surface area contributed by atoms with Gasteiger partial charge in [0, 0.05) is 9.49 Å². The summed E-state index contributed by atoms with van der Waals surface area (Å²) in [6.45, 7) is 2.29. The highest BCUT2D eigenvalue weighted by atomic mass is 127. The molecule has 0 aromatic heterocycles. The van der Waals surface area contributed by atoms with E-state index in [9.17, 15) is 5.11 Å². The molecule has 0 saturated heterocycles. The van der Waals surface area contributed by atoms with Gasteiger partial charge in [-0.2, -0.15) is 0 Å². The second-order valence-electron chi connectivity index (χ2n) is 4.57. The van der Waals surface area contributed by atoms with Crippen LogP contribution < -0.4 is 0 Å². The topological polar surface area (TPSA) is 20.2 Å². The first-order valence-corrected chi connectivity index (χ1v) is 7.19. The van der Waals surface area contributed by atoms with Crippen LogP contribution in [0.4, 0.5) is 0 Å². The number of rotatable bonds is 4. The molecule has 0 spiro atoms. The van der Waals surface area contributed by atoms with Crippen molar-refractivity contribution in [2.24, 2.45) is 0 Å². The third kappa shape index (κ3) is 3.33. The van der Waals surface area contributed by atoms with Gasteiger partial charge in [-0.3, -0.25) is 0 Å². The minimum atomic E-state index is 0.186. The Balaban J connectivity index is 2.20. The fourth-order valence-electron chi connectivity index (χ4n) is 2.22. The van der Waals surface area contributed by atoms with Crippen molar-refractivity contribution in [3.63, 3.8) is 0 Å². The third-order valence-corrected chi connectivity index (χ3v) is 3.96. The minimum absolute atomic E-state index is 0.186. The molecular formula is C16H17IO. The Bertz CT molecular complexity index is 505. The smallest absolute Gasteiger partial charge is 0.0503 e. The average Bonchev–Trinajstić information content (AvgIpc) is 2.39. The van der Waals surface area contributed by atoms with E-state index in [1.807, 2.05) is 12.1 Å². The maximum absolute atomic E-state index is 9.62. The van der Waals surface area contributed by atoms with Gasteiger partial charge >= 0.3 is 0 Å². The number of hydrogen-bond donors (Lipinski definition) is 1. The summed E-state index contributed by atoms with van der Waals surface area (Å²) >= 11 is 2.31. The summed E-state index contributed by atoms with van der Waals surface area (Å²) in [6, 6.07) is 16.8. The van der Waals surface area contributed by atoms with Gasteiger partial charge in [0.05, 0.1) is 6.61 Å². The van der Waals surface area contributed by atoms with Gasteiger partial charge in [0.2, 0.25) is 0 Å². The molecule has 0 aliphatic carbocycles. The summed E-state index contributed by atoms with van der Waals surface area (Å²) in [5.41, 5.74) is 3.78. The van der Waals surface area contributed by atoms with E-state index in [4.69, 9.17) is 0 Å². The van der Waals surface area contributed by atoms with E-state index in [1.165, 1.54) is 20.3 Å². The zero-order valence-corrected chi connectivity index (χ0v) is 12.6. The lowest BCUT2D eigenvalue weighted by Gasteiger charge is -2.17. The fourth-order valence-corrected chi connectivity index (χ4v) is 2.58. The standard InChI is InChI=1S/C16H17IO/c1-12-4-2-3-5-16(12)14(11-18)10-13-6-8-15(17)9-7-13/h2-9,14,18H,10-11H2,1H3. The van der Waals surface area contributed by atoms with Crippen molar-refractivity contribution in [3.05, 3.63) is 68.8 Å². The van der Waals surface area contributed by atoms with Gasteiger partial charge in [-0.15, -0.1) is 0 Å². The maximum atomic E-state index is 9.62. The number of aliphatic hydroxyl groups excluding tert-OH is 1. The lowest BCUT2D eigenvalue weighted by molar-refractivity contribution is 0.264. The Kier molecular flexibility index (Phi) is 4.78. The van der Waals surface area contributed by atoms with Crippen LogP contribution in [-0.4, -0.2) is 11.7 Å². The number of aliphatic hydroxyl groups is 1. The molecule has 0 aliphatic heterocycles. The largest absolute Gasteiger partial charge is 0.396 e. The second kappa shape index (κ2) is 6.34. The molecule has 0 radical (unpaired) electrons. The van der Waals surface area contributed by atoms with E-state index in [-0.39, 0.29) is 12.5 Å². The first-order valence-electron chi connectivity index (χ1n) is 6.11. The zero-order valence-electron chi connectivity index (χ0n) is 10.4. The Morgan fingerprint density at radius 3 is 2.33 bits per heavy atom. The van der Waals surface area contributed by atoms with Gasteiger partial charge in [0.1, 0.15) is 0 Å². The van der Waals surface area contributed by atoms with Crippen LogP contribution in [-0.2, 0) is 6.42 Å². The zero-order chi connectivity index (χ0) is 13.0. The van der Waals surface area contributed by atoms with Crippen LogP contribution in [0.3, 0.4) is 0 Å². The summed E-state index contributed by atoms with van der Waals surface area (Å²) in [4.78, 5) is 0. The molecule has 1 atom stereocenters. The van der Waals surface area contributed by atoms with E-state index in [0.717, 1.165) is 6.42 Å². The molecule has 2 aromatic rings. The molecule has 2 aromatic carbocycles. The summed E-state index contributed by atoms with van der Waals surface area (Å²) in [5.74, 6) is 0.186. The normalized spacial score (nSPS) is 12.4. The van der Waals surface area contributed by atoms with Crippen molar-refractivity contribution in [1.82, 2.24) is 0 Å². The van der Waals surface area contributed by atoms with Gasteiger partial charge < -0.3 is 5.11 Å². The van der Waals surface area contributed by atoms with Crippen molar-refractivity contribution >= 4 is 22.6 Å². The third-order valence-electron chi connectivity index (χ3n) is 3.24. The van der Waals surface area contributed by atoms with Crippen LogP contribution in [0.15, 0.2) is 48.5 Å². The maximum Gasteiger partial charge on any atom is 0.0503 e. The molecule has 2 rings (SSSR count). The number of hydrogen-bond acceptors (Lipinski definition) is 1. The summed E-state index contributed by atoms with van der Waals surface area (Å²) in [7, 11) is 0. The predicted octanol–water partition coefficient (Wildman–Crippen LogP) is 3.92. The Labute approximate surface area is 122 Å². The lowest BCUT2D eigenvalue weighted by Crippen LogP contribution is -2.09. The van der Waals surface area contributed by atoms with Crippen LogP contribution in [0, 0.1) is 10.5 Å². The van der Waals surface area contributed by atoms with Gasteiger partial charge in [-0.25, -0.2) is 0 Å². The molecule has 0 amide bonds. The van der Waals surface area contributed by atoms with Crippen molar-refractivity contribution < 1.29 is 5.11 Å². The van der Waals surface area contributed by atoms with Crippen molar-refractivity contribution in [3.8, 4) is 0 Å². The Morgan fingerprint density at radius 1 is 1.06 bits per heavy atom. The second-order valence-corrected chi connectivity index (χ2v) is 5.81. The van der Waals surface area contributed by atoms with Gasteiger partial charge in [-0.05, 0) is 64.8 Å². The average molecular weight is 352 g/mol. The highest BCUT2D eigenvalue weighted by molar-refractivity contribution is 14.1. The van der Waals surface area contributed by atoms with Crippen molar-refractivity contribution in [2.75, 3.05) is 6.61 Å². The summed E-state index contributed by atoms with van der Waals surface area (Å²) < 4.78 is 1.24. The number of aryl methyl sites for hydroxylation is 1. The molecular weight excluding hydrogens is 335 g/mol.